The van der Waals surface area contributed by atoms with Gasteiger partial charge in [-0.2, -0.15) is 0 Å². The summed E-state index contributed by atoms with van der Waals surface area (Å²) < 4.78 is 39.9. The summed E-state index contributed by atoms with van der Waals surface area (Å²) in [6.45, 7) is 5.57. The molecule has 4 aromatic rings. The molecule has 0 amide bonds. The van der Waals surface area contributed by atoms with E-state index in [1.165, 1.54) is 18.4 Å². The van der Waals surface area contributed by atoms with Crippen LogP contribution in [0.1, 0.15) is 24.6 Å². The van der Waals surface area contributed by atoms with Gasteiger partial charge < -0.3 is 9.80 Å². The van der Waals surface area contributed by atoms with Crippen LogP contribution in [-0.2, 0) is 9.84 Å². The Balaban J connectivity index is 1.14. The Morgan fingerprint density at radius 3 is 2.48 bits per heavy atom. The lowest BCUT2D eigenvalue weighted by Gasteiger charge is -2.41. The number of carbonyl (C=O) groups is 1. The molecule has 42 heavy (non-hydrogen) atoms. The van der Waals surface area contributed by atoms with Crippen molar-refractivity contribution in [2.75, 3.05) is 55.3 Å². The van der Waals surface area contributed by atoms with Gasteiger partial charge in [-0.15, -0.1) is 0 Å². The molecule has 5 heterocycles. The summed E-state index contributed by atoms with van der Waals surface area (Å²) in [6.07, 6.45) is 11.0. The first-order chi connectivity index (χ1) is 20.2. The number of sulfone groups is 1. The Hall–Kier alpha value is -3.90. The molecule has 2 fully saturated rings. The number of anilines is 2. The molecule has 3 aromatic heterocycles. The highest BCUT2D eigenvalue weighted by molar-refractivity contribution is 7.91. The molecule has 12 heteroatoms. The summed E-state index contributed by atoms with van der Waals surface area (Å²) in [4.78, 5) is 32.8. The summed E-state index contributed by atoms with van der Waals surface area (Å²) in [7, 11) is -3.06. The Morgan fingerprint density at radius 1 is 1.00 bits per heavy atom. The van der Waals surface area contributed by atoms with Crippen molar-refractivity contribution in [3.63, 3.8) is 0 Å². The molecule has 0 spiro atoms. The van der Waals surface area contributed by atoms with Gasteiger partial charge in [-0.1, -0.05) is 0 Å². The van der Waals surface area contributed by atoms with Crippen LogP contribution in [0.5, 0.6) is 0 Å². The number of fused-ring (bicyclic) bond motifs is 1. The first-order valence-corrected chi connectivity index (χ1v) is 16.1. The summed E-state index contributed by atoms with van der Waals surface area (Å²) in [5.41, 5.74) is 3.11. The van der Waals surface area contributed by atoms with E-state index in [2.05, 4.69) is 31.7 Å². The Labute approximate surface area is 244 Å². The van der Waals surface area contributed by atoms with Gasteiger partial charge in [0.15, 0.2) is 0 Å². The topological polar surface area (TPSA) is 105 Å². The first kappa shape index (κ1) is 28.2. The largest absolute Gasteiger partial charge is 0.368 e. The Morgan fingerprint density at radius 2 is 1.76 bits per heavy atom. The minimum atomic E-state index is -3.06. The summed E-state index contributed by atoms with van der Waals surface area (Å²) in [5.74, 6) is 0.201. The number of piperazine rings is 1. The molecule has 220 valence electrons. The number of piperidine rings is 1. The van der Waals surface area contributed by atoms with Crippen LogP contribution in [-0.4, -0.2) is 95.6 Å². The Bertz CT molecular complexity index is 1700. The zero-order valence-electron chi connectivity index (χ0n) is 23.7. The molecule has 1 atom stereocenters. The lowest BCUT2D eigenvalue weighted by molar-refractivity contribution is 0.0810. The number of rotatable bonds is 6. The van der Waals surface area contributed by atoms with Crippen LogP contribution in [0.3, 0.4) is 0 Å². The highest BCUT2D eigenvalue weighted by Crippen LogP contribution is 2.33. The average Bonchev–Trinajstić information content (AvgIpc) is 3.42. The standard InChI is InChI=1S/C30H34FN7O3S/c1-21-19-37(14-13-36(21)20-29(39)38-12-6-22-5-9-32-18-28(22)38)27-4-3-24(31)15-26(27)23-16-33-30(34-17-23)35-10-7-25(8-11-35)42(2,40)41/h3-6,9,12,15-18,21,25H,7-8,10-11,13-14,19-20H2,1-2H3. The minimum absolute atomic E-state index is 0.00134. The number of hydrogen-bond acceptors (Lipinski definition) is 9. The second-order valence-corrected chi connectivity index (χ2v) is 13.6. The second-order valence-electron chi connectivity index (χ2n) is 11.2. The maximum atomic E-state index is 14.5. The zero-order valence-corrected chi connectivity index (χ0v) is 24.5. The van der Waals surface area contributed by atoms with Crippen LogP contribution in [0.25, 0.3) is 22.0 Å². The van der Waals surface area contributed by atoms with Crippen molar-refractivity contribution in [2.45, 2.75) is 31.1 Å². The van der Waals surface area contributed by atoms with Gasteiger partial charge in [0.2, 0.25) is 11.9 Å². The number of halogens is 1. The summed E-state index contributed by atoms with van der Waals surface area (Å²) >= 11 is 0. The quantitative estimate of drug-likeness (QED) is 0.333. The molecule has 0 N–H and O–H groups in total. The van der Waals surface area contributed by atoms with Crippen molar-refractivity contribution >= 4 is 38.3 Å². The summed E-state index contributed by atoms with van der Waals surface area (Å²) in [6, 6.07) is 8.67. The molecule has 0 bridgehead atoms. The van der Waals surface area contributed by atoms with E-state index in [1.54, 1.807) is 41.6 Å². The molecule has 6 rings (SSSR count). The van der Waals surface area contributed by atoms with Crippen LogP contribution in [0.4, 0.5) is 16.0 Å². The number of aromatic nitrogens is 4. The molecule has 1 unspecified atom stereocenters. The van der Waals surface area contributed by atoms with E-state index in [1.807, 2.05) is 17.0 Å². The Kier molecular flexibility index (Phi) is 7.67. The van der Waals surface area contributed by atoms with Gasteiger partial charge in [-0.3, -0.25) is 19.2 Å². The van der Waals surface area contributed by atoms with E-state index >= 15 is 0 Å². The molecule has 0 aliphatic carbocycles. The zero-order chi connectivity index (χ0) is 29.4. The van der Waals surface area contributed by atoms with Crippen molar-refractivity contribution in [1.29, 1.82) is 0 Å². The van der Waals surface area contributed by atoms with Crippen molar-refractivity contribution in [3.8, 4) is 11.1 Å². The third-order valence-corrected chi connectivity index (χ3v) is 10.1. The molecule has 2 aliphatic heterocycles. The lowest BCUT2D eigenvalue weighted by atomic mass is 10.0. The molecule has 2 saturated heterocycles. The smallest absolute Gasteiger partial charge is 0.245 e. The molecule has 0 saturated carbocycles. The molecule has 10 nitrogen and oxygen atoms in total. The van der Waals surface area contributed by atoms with Crippen LogP contribution >= 0.6 is 0 Å². The van der Waals surface area contributed by atoms with Crippen LogP contribution in [0, 0.1) is 5.82 Å². The predicted octanol–water partition coefficient (Wildman–Crippen LogP) is 3.50. The van der Waals surface area contributed by atoms with Crippen molar-refractivity contribution in [1.82, 2.24) is 24.4 Å². The molecule has 2 aliphatic rings. The predicted molar refractivity (Wildman–Crippen MR) is 161 cm³/mol. The third-order valence-electron chi connectivity index (χ3n) is 8.45. The van der Waals surface area contributed by atoms with Gasteiger partial charge >= 0.3 is 0 Å². The fraction of sp³-hybridized carbons (Fsp3) is 0.400. The number of benzene rings is 1. The number of pyridine rings is 1. The van der Waals surface area contributed by atoms with Gasteiger partial charge in [-0.25, -0.2) is 22.8 Å². The van der Waals surface area contributed by atoms with Crippen LogP contribution < -0.4 is 9.80 Å². The highest BCUT2D eigenvalue weighted by Gasteiger charge is 2.29. The molecular weight excluding hydrogens is 557 g/mol. The second kappa shape index (κ2) is 11.4. The number of nitrogens with zero attached hydrogens (tertiary/aromatic N) is 7. The van der Waals surface area contributed by atoms with Crippen LogP contribution in [0.15, 0.2) is 61.3 Å². The lowest BCUT2D eigenvalue weighted by Crippen LogP contribution is -2.53. The third kappa shape index (κ3) is 5.73. The SMILES string of the molecule is CC1CN(c2ccc(F)cc2-c2cnc(N3CCC(S(C)(=O)=O)CC3)nc2)CCN1CC(=O)n1ccc2ccncc21. The van der Waals surface area contributed by atoms with Gasteiger partial charge in [-0.05, 0) is 50.1 Å². The first-order valence-electron chi connectivity index (χ1n) is 14.2. The van der Waals surface area contributed by atoms with E-state index in [9.17, 15) is 17.6 Å². The van der Waals surface area contributed by atoms with E-state index in [-0.39, 0.29) is 23.0 Å². The molecular formula is C30H34FN7O3S. The van der Waals surface area contributed by atoms with E-state index in [4.69, 9.17) is 0 Å². The van der Waals surface area contributed by atoms with E-state index < -0.39 is 9.84 Å². The summed E-state index contributed by atoms with van der Waals surface area (Å²) in [5, 5.41) is 0.656. The van der Waals surface area contributed by atoms with Crippen molar-refractivity contribution in [2.24, 2.45) is 0 Å². The highest BCUT2D eigenvalue weighted by atomic mass is 32.2. The fourth-order valence-corrected chi connectivity index (χ4v) is 7.08. The maximum Gasteiger partial charge on any atom is 0.245 e. The van der Waals surface area contributed by atoms with Gasteiger partial charge in [0, 0.05) is 92.0 Å². The van der Waals surface area contributed by atoms with Gasteiger partial charge in [0.1, 0.15) is 15.7 Å². The number of hydrogen-bond donors (Lipinski definition) is 0. The van der Waals surface area contributed by atoms with Crippen molar-refractivity contribution in [3.05, 3.63) is 67.1 Å². The normalized spacial score (nSPS) is 19.0. The van der Waals surface area contributed by atoms with E-state index in [0.29, 0.717) is 69.2 Å². The number of carbonyl (C=O) groups excluding carboxylic acids is 1. The average molecular weight is 592 g/mol. The van der Waals surface area contributed by atoms with Crippen LogP contribution in [0.2, 0.25) is 0 Å². The monoisotopic (exact) mass is 591 g/mol. The van der Waals surface area contributed by atoms with E-state index in [0.717, 1.165) is 16.6 Å². The molecule has 0 radical (unpaired) electrons. The van der Waals surface area contributed by atoms with Crippen molar-refractivity contribution < 1.29 is 17.6 Å². The maximum absolute atomic E-state index is 14.5. The van der Waals surface area contributed by atoms with Gasteiger partial charge in [0.05, 0.1) is 23.5 Å². The molecule has 1 aromatic carbocycles. The fourth-order valence-electron chi connectivity index (χ4n) is 6.01. The minimum Gasteiger partial charge on any atom is -0.368 e. The van der Waals surface area contributed by atoms with Gasteiger partial charge in [0.25, 0.3) is 0 Å².